The zero-order valence-corrected chi connectivity index (χ0v) is 12.2. The van der Waals surface area contributed by atoms with E-state index in [1.165, 1.54) is 6.26 Å². The summed E-state index contributed by atoms with van der Waals surface area (Å²) < 4.78 is 5.10. The van der Waals surface area contributed by atoms with Crippen LogP contribution in [0.1, 0.15) is 17.4 Å². The lowest BCUT2D eigenvalue weighted by molar-refractivity contribution is -0.132. The summed E-state index contributed by atoms with van der Waals surface area (Å²) in [6, 6.07) is 11.0. The summed E-state index contributed by atoms with van der Waals surface area (Å²) in [7, 11) is 0. The van der Waals surface area contributed by atoms with E-state index in [-0.39, 0.29) is 13.1 Å². The summed E-state index contributed by atoms with van der Waals surface area (Å²) in [4.78, 5) is 37.1. The van der Waals surface area contributed by atoms with Crippen LogP contribution in [0.15, 0.2) is 53.1 Å². The molecule has 1 fully saturated rings. The summed E-state index contributed by atoms with van der Waals surface area (Å²) >= 11 is 0. The molecule has 2 heterocycles. The van der Waals surface area contributed by atoms with Gasteiger partial charge in [0.1, 0.15) is 18.3 Å². The molecule has 1 aromatic heterocycles. The van der Waals surface area contributed by atoms with Crippen LogP contribution in [0.4, 0.5) is 4.79 Å². The van der Waals surface area contributed by atoms with E-state index in [4.69, 9.17) is 4.42 Å². The molecule has 4 amide bonds. The van der Waals surface area contributed by atoms with Crippen molar-refractivity contribution in [3.05, 3.63) is 60.1 Å². The van der Waals surface area contributed by atoms with Crippen LogP contribution in [0.25, 0.3) is 0 Å². The zero-order chi connectivity index (χ0) is 16.2. The van der Waals surface area contributed by atoms with Gasteiger partial charge in [0.25, 0.3) is 5.91 Å². The van der Waals surface area contributed by atoms with E-state index in [2.05, 4.69) is 10.6 Å². The molecule has 0 spiro atoms. The van der Waals surface area contributed by atoms with Crippen molar-refractivity contribution in [1.29, 1.82) is 0 Å². The van der Waals surface area contributed by atoms with E-state index in [1.807, 2.05) is 6.07 Å². The molecule has 1 aromatic carbocycles. The average molecular weight is 313 g/mol. The maximum atomic E-state index is 12.3. The minimum Gasteiger partial charge on any atom is -0.467 e. The van der Waals surface area contributed by atoms with E-state index in [0.29, 0.717) is 11.3 Å². The maximum absolute atomic E-state index is 12.3. The standard InChI is InChI=1S/C16H15N3O4/c20-13(17-9-12-7-4-8-23-12)10-19-15(21)14(18-16(19)22)11-5-2-1-3-6-11/h1-8,14H,9-10H2,(H,17,20)(H,18,22). The molecule has 1 aliphatic heterocycles. The highest BCUT2D eigenvalue weighted by molar-refractivity contribution is 6.06. The minimum atomic E-state index is -0.749. The number of hydrogen-bond acceptors (Lipinski definition) is 4. The third kappa shape index (κ3) is 3.23. The lowest BCUT2D eigenvalue weighted by Gasteiger charge is -2.12. The number of furan rings is 1. The molecule has 7 heteroatoms. The molecule has 118 valence electrons. The van der Waals surface area contributed by atoms with E-state index in [1.54, 1.807) is 36.4 Å². The van der Waals surface area contributed by atoms with Gasteiger partial charge in [0.15, 0.2) is 0 Å². The van der Waals surface area contributed by atoms with Crippen molar-refractivity contribution in [1.82, 2.24) is 15.5 Å². The van der Waals surface area contributed by atoms with E-state index in [9.17, 15) is 14.4 Å². The van der Waals surface area contributed by atoms with Crippen LogP contribution >= 0.6 is 0 Å². The largest absolute Gasteiger partial charge is 0.467 e. The molecule has 1 atom stereocenters. The summed E-state index contributed by atoms with van der Waals surface area (Å²) in [5.41, 5.74) is 0.685. The number of nitrogens with one attached hydrogen (secondary N) is 2. The Morgan fingerprint density at radius 3 is 2.65 bits per heavy atom. The Bertz CT molecular complexity index is 712. The number of rotatable bonds is 5. The Balaban J connectivity index is 1.60. The number of hydrogen-bond donors (Lipinski definition) is 2. The van der Waals surface area contributed by atoms with Crippen LogP contribution in [0, 0.1) is 0 Å². The normalized spacial score (nSPS) is 17.2. The predicted octanol–water partition coefficient (Wildman–Crippen LogP) is 1.19. The second-order valence-electron chi connectivity index (χ2n) is 5.07. The van der Waals surface area contributed by atoms with Crippen molar-refractivity contribution in [3.8, 4) is 0 Å². The van der Waals surface area contributed by atoms with Gasteiger partial charge in [-0.2, -0.15) is 0 Å². The molecule has 3 rings (SSSR count). The Morgan fingerprint density at radius 1 is 1.17 bits per heavy atom. The van der Waals surface area contributed by atoms with E-state index >= 15 is 0 Å². The molecule has 1 saturated heterocycles. The van der Waals surface area contributed by atoms with Crippen molar-refractivity contribution < 1.29 is 18.8 Å². The highest BCUT2D eigenvalue weighted by Crippen LogP contribution is 2.21. The second kappa shape index (κ2) is 6.35. The van der Waals surface area contributed by atoms with Gasteiger partial charge in [0.2, 0.25) is 5.91 Å². The summed E-state index contributed by atoms with van der Waals surface area (Å²) in [5.74, 6) is -0.273. The number of imide groups is 1. The van der Waals surface area contributed by atoms with Gasteiger partial charge in [-0.05, 0) is 17.7 Å². The van der Waals surface area contributed by atoms with Crippen LogP contribution in [-0.2, 0) is 16.1 Å². The Labute approximate surface area is 132 Å². The number of urea groups is 1. The van der Waals surface area contributed by atoms with Crippen LogP contribution in [0.3, 0.4) is 0 Å². The van der Waals surface area contributed by atoms with Crippen molar-refractivity contribution in [2.45, 2.75) is 12.6 Å². The third-order valence-electron chi connectivity index (χ3n) is 3.50. The lowest BCUT2D eigenvalue weighted by atomic mass is 10.1. The van der Waals surface area contributed by atoms with Crippen molar-refractivity contribution in [2.75, 3.05) is 6.54 Å². The first kappa shape index (κ1) is 14.8. The SMILES string of the molecule is O=C(CN1C(=O)NC(c2ccccc2)C1=O)NCc1ccco1. The van der Waals surface area contributed by atoms with Crippen LogP contribution < -0.4 is 10.6 Å². The van der Waals surface area contributed by atoms with Gasteiger partial charge in [-0.3, -0.25) is 14.5 Å². The maximum Gasteiger partial charge on any atom is 0.325 e. The quantitative estimate of drug-likeness (QED) is 0.811. The molecule has 2 aromatic rings. The molecule has 23 heavy (non-hydrogen) atoms. The molecule has 7 nitrogen and oxygen atoms in total. The molecular formula is C16H15N3O4. The Hall–Kier alpha value is -3.09. The summed E-state index contributed by atoms with van der Waals surface area (Å²) in [5, 5.41) is 5.19. The minimum absolute atomic E-state index is 0.206. The van der Waals surface area contributed by atoms with E-state index < -0.39 is 23.9 Å². The highest BCUT2D eigenvalue weighted by atomic mass is 16.3. The van der Waals surface area contributed by atoms with Gasteiger partial charge < -0.3 is 15.1 Å². The van der Waals surface area contributed by atoms with Gasteiger partial charge in [-0.25, -0.2) is 4.79 Å². The number of benzene rings is 1. The van der Waals surface area contributed by atoms with Crippen molar-refractivity contribution in [2.24, 2.45) is 0 Å². The Kier molecular flexibility index (Phi) is 4.09. The van der Waals surface area contributed by atoms with Gasteiger partial charge in [-0.15, -0.1) is 0 Å². The molecule has 0 radical (unpaired) electrons. The monoisotopic (exact) mass is 313 g/mol. The van der Waals surface area contributed by atoms with Gasteiger partial charge >= 0.3 is 6.03 Å². The van der Waals surface area contributed by atoms with Crippen LogP contribution in [0.5, 0.6) is 0 Å². The second-order valence-corrected chi connectivity index (χ2v) is 5.07. The predicted molar refractivity (Wildman–Crippen MR) is 80.0 cm³/mol. The summed E-state index contributed by atoms with van der Waals surface area (Å²) in [6.45, 7) is -0.119. The van der Waals surface area contributed by atoms with Crippen LogP contribution in [0.2, 0.25) is 0 Å². The fourth-order valence-electron chi connectivity index (χ4n) is 2.34. The van der Waals surface area contributed by atoms with Crippen molar-refractivity contribution in [3.63, 3.8) is 0 Å². The lowest BCUT2D eigenvalue weighted by Crippen LogP contribution is -2.40. The number of carbonyl (C=O) groups is 3. The summed E-state index contributed by atoms with van der Waals surface area (Å²) in [6.07, 6.45) is 1.50. The number of carbonyl (C=O) groups excluding carboxylic acids is 3. The highest BCUT2D eigenvalue weighted by Gasteiger charge is 2.39. The van der Waals surface area contributed by atoms with Gasteiger partial charge in [0, 0.05) is 0 Å². The van der Waals surface area contributed by atoms with Gasteiger partial charge in [0.05, 0.1) is 12.8 Å². The van der Waals surface area contributed by atoms with Crippen LogP contribution in [-0.4, -0.2) is 29.3 Å². The smallest absolute Gasteiger partial charge is 0.325 e. The van der Waals surface area contributed by atoms with Gasteiger partial charge in [-0.1, -0.05) is 30.3 Å². The third-order valence-corrected chi connectivity index (χ3v) is 3.50. The molecule has 2 N–H and O–H groups in total. The number of nitrogens with zero attached hydrogens (tertiary/aromatic N) is 1. The average Bonchev–Trinajstić information content (AvgIpc) is 3.17. The first-order valence-corrected chi connectivity index (χ1v) is 7.11. The first-order valence-electron chi connectivity index (χ1n) is 7.11. The Morgan fingerprint density at radius 2 is 1.96 bits per heavy atom. The van der Waals surface area contributed by atoms with Crippen molar-refractivity contribution >= 4 is 17.8 Å². The molecular weight excluding hydrogens is 298 g/mol. The fraction of sp³-hybridized carbons (Fsp3) is 0.188. The fourth-order valence-corrected chi connectivity index (χ4v) is 2.34. The number of amides is 4. The first-order chi connectivity index (χ1) is 11.1. The molecule has 1 unspecified atom stereocenters. The topological polar surface area (TPSA) is 91.7 Å². The van der Waals surface area contributed by atoms with E-state index in [0.717, 1.165) is 4.90 Å². The molecule has 1 aliphatic rings. The molecule has 0 bridgehead atoms. The molecule has 0 aliphatic carbocycles. The zero-order valence-electron chi connectivity index (χ0n) is 12.2. The molecule has 0 saturated carbocycles.